The Bertz CT molecular complexity index is 712. The molecule has 1 aromatic rings. The maximum absolute atomic E-state index is 12.8. The number of sulfonamides is 1. The third kappa shape index (κ3) is 3.93. The topological polar surface area (TPSA) is 96.3 Å². The molecule has 2 rings (SSSR count). The molecule has 0 saturated carbocycles. The summed E-state index contributed by atoms with van der Waals surface area (Å²) < 4.78 is 26.6. The van der Waals surface area contributed by atoms with Crippen molar-refractivity contribution in [3.63, 3.8) is 0 Å². The number of rotatable bonds is 6. The highest BCUT2D eigenvalue weighted by molar-refractivity contribution is 7.89. The van der Waals surface area contributed by atoms with Gasteiger partial charge in [-0.25, -0.2) is 8.42 Å². The van der Waals surface area contributed by atoms with Gasteiger partial charge in [0, 0.05) is 6.54 Å². The first-order valence-corrected chi connectivity index (χ1v) is 9.33. The average Bonchev–Trinajstić information content (AvgIpc) is 2.59. The molecule has 1 N–H and O–H groups in total. The monoisotopic (exact) mass is 354 g/mol. The van der Waals surface area contributed by atoms with E-state index in [9.17, 15) is 18.3 Å². The van der Waals surface area contributed by atoms with Gasteiger partial charge < -0.3 is 9.94 Å². The van der Waals surface area contributed by atoms with Crippen molar-refractivity contribution in [3.8, 4) is 0 Å². The van der Waals surface area contributed by atoms with E-state index in [4.69, 9.17) is 4.84 Å². The maximum atomic E-state index is 12.8. The fraction of sp³-hybridized carbons (Fsp3) is 0.500. The molecule has 0 radical (unpaired) electrons. The first-order chi connectivity index (χ1) is 11.4. The van der Waals surface area contributed by atoms with Crippen LogP contribution >= 0.6 is 0 Å². The minimum Gasteiger partial charge on any atom is -0.480 e. The van der Waals surface area contributed by atoms with Gasteiger partial charge in [-0.05, 0) is 50.8 Å². The summed E-state index contributed by atoms with van der Waals surface area (Å²) in [6.45, 7) is 4.27. The second-order valence-electron chi connectivity index (χ2n) is 5.58. The van der Waals surface area contributed by atoms with Gasteiger partial charge >= 0.3 is 5.97 Å². The van der Waals surface area contributed by atoms with Crippen molar-refractivity contribution in [1.29, 1.82) is 0 Å². The van der Waals surface area contributed by atoms with Crippen LogP contribution in [0.1, 0.15) is 38.7 Å². The van der Waals surface area contributed by atoms with Gasteiger partial charge in [0.25, 0.3) is 0 Å². The number of carboxylic acid groups (broad SMARTS) is 1. The van der Waals surface area contributed by atoms with E-state index in [1.807, 2.05) is 6.92 Å². The number of hydrogen-bond donors (Lipinski definition) is 1. The molecule has 0 unspecified atom stereocenters. The Kier molecular flexibility index (Phi) is 5.95. The summed E-state index contributed by atoms with van der Waals surface area (Å²) in [6.07, 6.45) is 1.73. The third-order valence-electron chi connectivity index (χ3n) is 3.95. The highest BCUT2D eigenvalue weighted by Crippen LogP contribution is 2.25. The van der Waals surface area contributed by atoms with Gasteiger partial charge in [-0.15, -0.1) is 0 Å². The summed E-state index contributed by atoms with van der Waals surface area (Å²) in [5.74, 6) is -1.10. The van der Waals surface area contributed by atoms with E-state index in [2.05, 4.69) is 5.16 Å². The summed E-state index contributed by atoms with van der Waals surface area (Å²) in [5, 5.41) is 13.2. The zero-order valence-corrected chi connectivity index (χ0v) is 14.6. The lowest BCUT2D eigenvalue weighted by Gasteiger charge is -2.31. The smallest absolute Gasteiger partial charge is 0.322 e. The zero-order valence-electron chi connectivity index (χ0n) is 13.8. The first kappa shape index (κ1) is 18.4. The normalized spacial score (nSPS) is 19.9. The van der Waals surface area contributed by atoms with Crippen LogP contribution in [0.5, 0.6) is 0 Å². The quantitative estimate of drug-likeness (QED) is 0.623. The number of benzene rings is 1. The van der Waals surface area contributed by atoms with Crippen molar-refractivity contribution >= 4 is 21.7 Å². The predicted molar refractivity (Wildman–Crippen MR) is 89.4 cm³/mol. The van der Waals surface area contributed by atoms with E-state index in [0.717, 1.165) is 16.3 Å². The Morgan fingerprint density at radius 1 is 1.33 bits per heavy atom. The van der Waals surface area contributed by atoms with Crippen LogP contribution in [0.4, 0.5) is 0 Å². The summed E-state index contributed by atoms with van der Waals surface area (Å²) >= 11 is 0. The van der Waals surface area contributed by atoms with Crippen molar-refractivity contribution in [3.05, 3.63) is 29.8 Å². The molecule has 1 aliphatic rings. The molecule has 0 bridgehead atoms. The third-order valence-corrected chi connectivity index (χ3v) is 5.87. The van der Waals surface area contributed by atoms with E-state index in [1.54, 1.807) is 19.1 Å². The molecule has 1 fully saturated rings. The Labute approximate surface area is 142 Å². The number of carbonyl (C=O) groups is 1. The minimum absolute atomic E-state index is 0.0867. The van der Waals surface area contributed by atoms with Crippen LogP contribution in [0.25, 0.3) is 0 Å². The lowest BCUT2D eigenvalue weighted by atomic mass is 10.1. The van der Waals surface area contributed by atoms with Crippen LogP contribution in [0.3, 0.4) is 0 Å². The summed E-state index contributed by atoms with van der Waals surface area (Å²) in [6, 6.07) is 5.24. The van der Waals surface area contributed by atoms with Gasteiger partial charge in [0.05, 0.1) is 10.6 Å². The molecular weight excluding hydrogens is 332 g/mol. The van der Waals surface area contributed by atoms with Gasteiger partial charge in [0.15, 0.2) is 0 Å². The number of oxime groups is 1. The Balaban J connectivity index is 2.27. The molecule has 132 valence electrons. The molecule has 0 spiro atoms. The molecule has 1 aromatic carbocycles. The van der Waals surface area contributed by atoms with Crippen molar-refractivity contribution in [2.75, 3.05) is 13.2 Å². The number of hydrogen-bond acceptors (Lipinski definition) is 5. The largest absolute Gasteiger partial charge is 0.480 e. The van der Waals surface area contributed by atoms with Crippen LogP contribution < -0.4 is 0 Å². The van der Waals surface area contributed by atoms with Gasteiger partial charge in [-0.1, -0.05) is 17.3 Å². The summed E-state index contributed by atoms with van der Waals surface area (Å²) in [5.41, 5.74) is 1.39. The standard InChI is InChI=1S/C16H22N2O5S/c1-3-23-17-12(2)13-7-9-14(10-8-13)24(21,22)18-11-5-4-6-15(18)16(19)20/h7-10,15H,3-6,11H2,1-2H3,(H,19,20)/t15-/m1/s1. The molecular formula is C16H22N2O5S. The van der Waals surface area contributed by atoms with Crippen LogP contribution in [0.2, 0.25) is 0 Å². The molecule has 0 aromatic heterocycles. The van der Waals surface area contributed by atoms with Crippen molar-refractivity contribution < 1.29 is 23.2 Å². The highest BCUT2D eigenvalue weighted by Gasteiger charge is 2.37. The molecule has 7 nitrogen and oxygen atoms in total. The molecule has 24 heavy (non-hydrogen) atoms. The Hall–Kier alpha value is -1.93. The second-order valence-corrected chi connectivity index (χ2v) is 7.47. The lowest BCUT2D eigenvalue weighted by molar-refractivity contribution is -0.142. The van der Waals surface area contributed by atoms with Crippen molar-refractivity contribution in [1.82, 2.24) is 4.31 Å². The van der Waals surface area contributed by atoms with Gasteiger partial charge in [0.1, 0.15) is 12.6 Å². The zero-order chi connectivity index (χ0) is 17.7. The van der Waals surface area contributed by atoms with Crippen molar-refractivity contribution in [2.24, 2.45) is 5.16 Å². The molecule has 0 aliphatic carbocycles. The van der Waals surface area contributed by atoms with Crippen molar-refractivity contribution in [2.45, 2.75) is 44.0 Å². The first-order valence-electron chi connectivity index (χ1n) is 7.89. The SMILES string of the molecule is CCON=C(C)c1ccc(S(=O)(=O)N2CCCC[C@@H]2C(=O)O)cc1. The summed E-state index contributed by atoms with van der Waals surface area (Å²) in [4.78, 5) is 16.4. The van der Waals surface area contributed by atoms with Crippen LogP contribution in [-0.4, -0.2) is 48.7 Å². The van der Waals surface area contributed by atoms with E-state index >= 15 is 0 Å². The lowest BCUT2D eigenvalue weighted by Crippen LogP contribution is -2.47. The fourth-order valence-electron chi connectivity index (χ4n) is 2.66. The Morgan fingerprint density at radius 3 is 2.58 bits per heavy atom. The second kappa shape index (κ2) is 7.76. The maximum Gasteiger partial charge on any atom is 0.322 e. The highest BCUT2D eigenvalue weighted by atomic mass is 32.2. The van der Waals surface area contributed by atoms with Crippen LogP contribution in [0, 0.1) is 0 Å². The predicted octanol–water partition coefficient (Wildman–Crippen LogP) is 2.07. The molecule has 1 heterocycles. The average molecular weight is 354 g/mol. The number of carboxylic acids is 1. The van der Waals surface area contributed by atoms with Gasteiger partial charge in [-0.2, -0.15) is 4.31 Å². The van der Waals surface area contributed by atoms with Gasteiger partial charge in [0.2, 0.25) is 10.0 Å². The van der Waals surface area contributed by atoms with Crippen LogP contribution in [0.15, 0.2) is 34.3 Å². The van der Waals surface area contributed by atoms with E-state index in [-0.39, 0.29) is 11.4 Å². The molecule has 1 atom stereocenters. The van der Waals surface area contributed by atoms with E-state index < -0.39 is 22.0 Å². The van der Waals surface area contributed by atoms with E-state index in [0.29, 0.717) is 25.2 Å². The number of piperidine rings is 1. The molecule has 1 aliphatic heterocycles. The Morgan fingerprint density at radius 2 is 2.00 bits per heavy atom. The van der Waals surface area contributed by atoms with Crippen LogP contribution in [-0.2, 0) is 19.7 Å². The fourth-order valence-corrected chi connectivity index (χ4v) is 4.31. The molecule has 0 amide bonds. The van der Waals surface area contributed by atoms with Gasteiger partial charge in [-0.3, -0.25) is 4.79 Å². The molecule has 8 heteroatoms. The van der Waals surface area contributed by atoms with E-state index in [1.165, 1.54) is 12.1 Å². The molecule has 1 saturated heterocycles. The minimum atomic E-state index is -3.83. The number of aliphatic carboxylic acids is 1. The number of nitrogens with zero attached hydrogens (tertiary/aromatic N) is 2. The summed E-state index contributed by atoms with van der Waals surface area (Å²) in [7, 11) is -3.83.